The lowest BCUT2D eigenvalue weighted by molar-refractivity contribution is 0.335. The molecule has 1 aliphatic carbocycles. The first-order valence-corrected chi connectivity index (χ1v) is 11.2. The molecule has 0 unspecified atom stereocenters. The molecule has 0 amide bonds. The van der Waals surface area contributed by atoms with Gasteiger partial charge in [0.2, 0.25) is 0 Å². The third-order valence-corrected chi connectivity index (χ3v) is 6.46. The highest BCUT2D eigenvalue weighted by atomic mass is 19.1. The fourth-order valence-electron chi connectivity index (χ4n) is 4.68. The van der Waals surface area contributed by atoms with Crippen molar-refractivity contribution in [2.75, 3.05) is 11.9 Å². The first kappa shape index (κ1) is 21.2. The Bertz CT molecular complexity index is 1350. The standard InChI is InChI=1S/C25H26FN7/c1-32-23-8-7-21(10-19(23)15-30-32)33-24(17-5-6-18(13-27)22(26)11-17)12-25(31-33)29-14-16-3-2-4-20(28)9-16/h5-8,10-12,15-16,20H,2-4,9,14,28H2,1H3,(H,29,31)/t16-,20+/m1/s1. The Kier molecular flexibility index (Phi) is 5.56. The van der Waals surface area contributed by atoms with E-state index in [1.54, 1.807) is 6.07 Å². The van der Waals surface area contributed by atoms with Crippen LogP contribution in [0.15, 0.2) is 48.7 Å². The molecule has 2 heterocycles. The summed E-state index contributed by atoms with van der Waals surface area (Å²) in [5.74, 6) is 0.692. The molecule has 3 N–H and O–H groups in total. The number of nitrogens with two attached hydrogens (primary N) is 1. The van der Waals surface area contributed by atoms with Gasteiger partial charge in [-0.15, -0.1) is 5.10 Å². The molecule has 0 bridgehead atoms. The molecule has 2 aromatic carbocycles. The minimum absolute atomic E-state index is 0.0218. The topological polar surface area (TPSA) is 97.5 Å². The van der Waals surface area contributed by atoms with E-state index >= 15 is 0 Å². The Balaban J connectivity index is 1.52. The average Bonchev–Trinajstić information content (AvgIpc) is 3.41. The maximum atomic E-state index is 14.4. The summed E-state index contributed by atoms with van der Waals surface area (Å²) in [5.41, 5.74) is 9.43. The monoisotopic (exact) mass is 443 g/mol. The molecule has 8 heteroatoms. The van der Waals surface area contributed by atoms with Crippen molar-refractivity contribution in [3.05, 3.63) is 60.0 Å². The van der Waals surface area contributed by atoms with Crippen molar-refractivity contribution in [2.24, 2.45) is 18.7 Å². The second kappa shape index (κ2) is 8.68. The number of halogens is 1. The number of nitrogens with one attached hydrogen (secondary N) is 1. The van der Waals surface area contributed by atoms with Crippen LogP contribution in [0, 0.1) is 23.1 Å². The number of hydrogen-bond acceptors (Lipinski definition) is 5. The number of nitrogens with zero attached hydrogens (tertiary/aromatic N) is 5. The second-order valence-corrected chi connectivity index (χ2v) is 8.82. The van der Waals surface area contributed by atoms with Crippen LogP contribution < -0.4 is 11.1 Å². The van der Waals surface area contributed by atoms with Gasteiger partial charge in [0, 0.05) is 36.7 Å². The number of hydrogen-bond donors (Lipinski definition) is 2. The van der Waals surface area contributed by atoms with E-state index < -0.39 is 5.82 Å². The van der Waals surface area contributed by atoms with Crippen molar-refractivity contribution in [2.45, 2.75) is 31.7 Å². The largest absolute Gasteiger partial charge is 0.368 e. The zero-order chi connectivity index (χ0) is 22.9. The second-order valence-electron chi connectivity index (χ2n) is 8.82. The molecule has 1 aliphatic rings. The van der Waals surface area contributed by atoms with Gasteiger partial charge in [-0.1, -0.05) is 12.5 Å². The maximum Gasteiger partial charge on any atom is 0.149 e. The third kappa shape index (κ3) is 4.20. The molecular formula is C25H26FN7. The highest BCUT2D eigenvalue weighted by molar-refractivity contribution is 5.81. The first-order chi connectivity index (χ1) is 16.0. The minimum Gasteiger partial charge on any atom is -0.368 e. The van der Waals surface area contributed by atoms with Crippen LogP contribution in [0.25, 0.3) is 27.8 Å². The van der Waals surface area contributed by atoms with E-state index in [-0.39, 0.29) is 11.6 Å². The molecule has 0 saturated heterocycles. The van der Waals surface area contributed by atoms with Crippen molar-refractivity contribution in [1.29, 1.82) is 5.26 Å². The van der Waals surface area contributed by atoms with E-state index in [0.717, 1.165) is 60.3 Å². The molecule has 2 aromatic heterocycles. The molecule has 1 fully saturated rings. The summed E-state index contributed by atoms with van der Waals surface area (Å²) in [4.78, 5) is 0. The van der Waals surface area contributed by atoms with Gasteiger partial charge in [0.05, 0.1) is 28.7 Å². The van der Waals surface area contributed by atoms with Crippen LogP contribution in [-0.2, 0) is 7.05 Å². The van der Waals surface area contributed by atoms with Gasteiger partial charge in [0.15, 0.2) is 0 Å². The van der Waals surface area contributed by atoms with E-state index in [1.165, 1.54) is 12.1 Å². The Labute approximate surface area is 191 Å². The van der Waals surface area contributed by atoms with Gasteiger partial charge in [0.1, 0.15) is 17.7 Å². The molecule has 33 heavy (non-hydrogen) atoms. The van der Waals surface area contributed by atoms with Crippen molar-refractivity contribution in [3.8, 4) is 23.0 Å². The highest BCUT2D eigenvalue weighted by Gasteiger charge is 2.20. The number of rotatable bonds is 5. The van der Waals surface area contributed by atoms with Crippen LogP contribution in [0.5, 0.6) is 0 Å². The van der Waals surface area contributed by atoms with E-state index in [2.05, 4.69) is 10.4 Å². The lowest BCUT2D eigenvalue weighted by Crippen LogP contribution is -2.31. The Hall–Kier alpha value is -3.70. The van der Waals surface area contributed by atoms with Crippen molar-refractivity contribution >= 4 is 16.7 Å². The Morgan fingerprint density at radius 2 is 2.09 bits per heavy atom. The molecule has 0 spiro atoms. The molecule has 5 rings (SSSR count). The van der Waals surface area contributed by atoms with Gasteiger partial charge in [-0.3, -0.25) is 4.68 Å². The molecule has 7 nitrogen and oxygen atoms in total. The summed E-state index contributed by atoms with van der Waals surface area (Å²) < 4.78 is 18.1. The van der Waals surface area contributed by atoms with Crippen LogP contribution in [0.2, 0.25) is 0 Å². The molecule has 168 valence electrons. The number of aryl methyl sites for hydroxylation is 1. The summed E-state index contributed by atoms with van der Waals surface area (Å²) in [6.07, 6.45) is 6.24. The van der Waals surface area contributed by atoms with Gasteiger partial charge in [-0.05, 0) is 55.5 Å². The van der Waals surface area contributed by atoms with E-state index in [4.69, 9.17) is 16.1 Å². The van der Waals surface area contributed by atoms with Crippen LogP contribution in [0.1, 0.15) is 31.2 Å². The lowest BCUT2D eigenvalue weighted by Gasteiger charge is -2.26. The van der Waals surface area contributed by atoms with E-state index in [0.29, 0.717) is 11.5 Å². The van der Waals surface area contributed by atoms with Crippen molar-refractivity contribution < 1.29 is 4.39 Å². The van der Waals surface area contributed by atoms with Crippen LogP contribution in [0.4, 0.5) is 10.2 Å². The normalized spacial score (nSPS) is 18.4. The van der Waals surface area contributed by atoms with Crippen LogP contribution in [0.3, 0.4) is 0 Å². The molecule has 4 aromatic rings. The predicted octanol–water partition coefficient (Wildman–Crippen LogP) is 4.37. The fraction of sp³-hybridized carbons (Fsp3) is 0.320. The fourth-order valence-corrected chi connectivity index (χ4v) is 4.68. The predicted molar refractivity (Wildman–Crippen MR) is 126 cm³/mol. The Morgan fingerprint density at radius 1 is 1.21 bits per heavy atom. The van der Waals surface area contributed by atoms with Gasteiger partial charge < -0.3 is 11.1 Å². The number of nitriles is 1. The lowest BCUT2D eigenvalue weighted by atomic mass is 9.86. The zero-order valence-corrected chi connectivity index (χ0v) is 18.5. The summed E-state index contributed by atoms with van der Waals surface area (Å²) >= 11 is 0. The summed E-state index contributed by atoms with van der Waals surface area (Å²) in [5, 5.41) is 22.7. The van der Waals surface area contributed by atoms with Gasteiger partial charge in [0.25, 0.3) is 0 Å². The average molecular weight is 444 g/mol. The molecular weight excluding hydrogens is 417 g/mol. The molecule has 1 saturated carbocycles. The highest BCUT2D eigenvalue weighted by Crippen LogP contribution is 2.30. The number of fused-ring (bicyclic) bond motifs is 1. The summed E-state index contributed by atoms with van der Waals surface area (Å²) in [6, 6.07) is 14.7. The molecule has 2 atom stereocenters. The van der Waals surface area contributed by atoms with E-state index in [1.807, 2.05) is 52.9 Å². The van der Waals surface area contributed by atoms with E-state index in [9.17, 15) is 4.39 Å². The number of benzene rings is 2. The number of anilines is 1. The maximum absolute atomic E-state index is 14.4. The SMILES string of the molecule is Cn1ncc2cc(-n3nc(NC[C@@H]4CCC[C@H](N)C4)cc3-c3ccc(C#N)c(F)c3)ccc21. The molecule has 0 aliphatic heterocycles. The van der Waals surface area contributed by atoms with Crippen LogP contribution in [-0.4, -0.2) is 32.1 Å². The first-order valence-electron chi connectivity index (χ1n) is 11.2. The Morgan fingerprint density at radius 3 is 2.88 bits per heavy atom. The minimum atomic E-state index is -0.545. The van der Waals surface area contributed by atoms with Crippen molar-refractivity contribution in [3.63, 3.8) is 0 Å². The van der Waals surface area contributed by atoms with Crippen LogP contribution >= 0.6 is 0 Å². The summed E-state index contributed by atoms with van der Waals surface area (Å²) in [6.45, 7) is 0.799. The molecule has 0 radical (unpaired) electrons. The van der Waals surface area contributed by atoms with Gasteiger partial charge in [-0.25, -0.2) is 9.07 Å². The smallest absolute Gasteiger partial charge is 0.149 e. The number of aromatic nitrogens is 4. The third-order valence-electron chi connectivity index (χ3n) is 6.46. The van der Waals surface area contributed by atoms with Gasteiger partial charge in [-0.2, -0.15) is 10.4 Å². The van der Waals surface area contributed by atoms with Crippen molar-refractivity contribution in [1.82, 2.24) is 19.6 Å². The zero-order valence-electron chi connectivity index (χ0n) is 18.5. The summed E-state index contributed by atoms with van der Waals surface area (Å²) in [7, 11) is 1.90. The van der Waals surface area contributed by atoms with Gasteiger partial charge >= 0.3 is 0 Å². The quantitative estimate of drug-likeness (QED) is 0.477.